The summed E-state index contributed by atoms with van der Waals surface area (Å²) >= 11 is 4.42. The standard InChI is InChI=1S/C7H10BrN3OS/c1-5-6(13-11-10-5)7(12)9-4-2-3-8/h2-4H2,1H3,(H,9,12). The third-order valence-electron chi connectivity index (χ3n) is 1.45. The van der Waals surface area contributed by atoms with Gasteiger partial charge >= 0.3 is 0 Å². The van der Waals surface area contributed by atoms with Crippen LogP contribution >= 0.6 is 27.5 Å². The molecule has 0 saturated carbocycles. The number of carbonyl (C=O) groups is 1. The number of hydrogen-bond acceptors (Lipinski definition) is 4. The van der Waals surface area contributed by atoms with Gasteiger partial charge in [0, 0.05) is 11.9 Å². The number of aromatic nitrogens is 2. The van der Waals surface area contributed by atoms with Crippen molar-refractivity contribution in [1.29, 1.82) is 0 Å². The first-order valence-corrected chi connectivity index (χ1v) is 5.78. The van der Waals surface area contributed by atoms with Crippen LogP contribution in [0.3, 0.4) is 0 Å². The summed E-state index contributed by atoms with van der Waals surface area (Å²) in [5, 5.41) is 7.45. The minimum absolute atomic E-state index is 0.0755. The van der Waals surface area contributed by atoms with Crippen LogP contribution in [0.25, 0.3) is 0 Å². The third kappa shape index (κ3) is 3.04. The van der Waals surface area contributed by atoms with Gasteiger partial charge in [0.2, 0.25) is 0 Å². The molecule has 0 aromatic carbocycles. The molecule has 0 saturated heterocycles. The molecule has 1 aromatic heterocycles. The highest BCUT2D eigenvalue weighted by Crippen LogP contribution is 2.08. The molecule has 0 atom stereocenters. The fraction of sp³-hybridized carbons (Fsp3) is 0.571. The first-order valence-electron chi connectivity index (χ1n) is 3.89. The summed E-state index contributed by atoms with van der Waals surface area (Å²) in [5.41, 5.74) is 0.696. The van der Waals surface area contributed by atoms with Crippen molar-refractivity contribution in [2.24, 2.45) is 0 Å². The molecular formula is C7H10BrN3OS. The molecule has 13 heavy (non-hydrogen) atoms. The molecule has 6 heteroatoms. The zero-order valence-electron chi connectivity index (χ0n) is 7.21. The van der Waals surface area contributed by atoms with Crippen LogP contribution in [0, 0.1) is 6.92 Å². The topological polar surface area (TPSA) is 54.9 Å². The lowest BCUT2D eigenvalue weighted by molar-refractivity contribution is 0.0957. The number of carbonyl (C=O) groups excluding carboxylic acids is 1. The van der Waals surface area contributed by atoms with Crippen LogP contribution < -0.4 is 5.32 Å². The lowest BCUT2D eigenvalue weighted by atomic mass is 10.3. The number of nitrogens with one attached hydrogen (secondary N) is 1. The van der Waals surface area contributed by atoms with Crippen LogP contribution in [0.1, 0.15) is 21.8 Å². The van der Waals surface area contributed by atoms with Crippen molar-refractivity contribution < 1.29 is 4.79 Å². The Bertz CT molecular complexity index is 289. The molecule has 1 N–H and O–H groups in total. The van der Waals surface area contributed by atoms with E-state index in [9.17, 15) is 4.79 Å². The molecule has 1 heterocycles. The lowest BCUT2D eigenvalue weighted by Gasteiger charge is -2.00. The first kappa shape index (κ1) is 10.6. The van der Waals surface area contributed by atoms with E-state index in [0.29, 0.717) is 17.1 Å². The molecule has 4 nitrogen and oxygen atoms in total. The zero-order valence-corrected chi connectivity index (χ0v) is 9.61. The fourth-order valence-corrected chi connectivity index (χ4v) is 1.64. The van der Waals surface area contributed by atoms with E-state index in [1.54, 1.807) is 6.92 Å². The van der Waals surface area contributed by atoms with Crippen LogP contribution in [0.4, 0.5) is 0 Å². The molecule has 0 spiro atoms. The van der Waals surface area contributed by atoms with Gasteiger partial charge in [0.25, 0.3) is 5.91 Å². The summed E-state index contributed by atoms with van der Waals surface area (Å²) in [6.45, 7) is 2.46. The van der Waals surface area contributed by atoms with Crippen molar-refractivity contribution in [2.45, 2.75) is 13.3 Å². The quantitative estimate of drug-likeness (QED) is 0.660. The average Bonchev–Trinajstić information content (AvgIpc) is 2.52. The summed E-state index contributed by atoms with van der Waals surface area (Å²) in [6, 6.07) is 0. The van der Waals surface area contributed by atoms with Crippen molar-refractivity contribution >= 4 is 33.4 Å². The number of aryl methyl sites for hydroxylation is 1. The number of alkyl halides is 1. The smallest absolute Gasteiger partial charge is 0.264 e. The highest BCUT2D eigenvalue weighted by Gasteiger charge is 2.11. The van der Waals surface area contributed by atoms with Gasteiger partial charge < -0.3 is 5.32 Å². The Balaban J connectivity index is 2.45. The van der Waals surface area contributed by atoms with Gasteiger partial charge in [0.05, 0.1) is 5.69 Å². The van der Waals surface area contributed by atoms with E-state index in [-0.39, 0.29) is 5.91 Å². The highest BCUT2D eigenvalue weighted by atomic mass is 79.9. The SMILES string of the molecule is Cc1nnsc1C(=O)NCCCBr. The second-order valence-corrected chi connectivity index (χ2v) is 4.03. The van der Waals surface area contributed by atoms with Gasteiger partial charge in [-0.15, -0.1) is 5.10 Å². The van der Waals surface area contributed by atoms with Crippen molar-refractivity contribution in [3.63, 3.8) is 0 Å². The van der Waals surface area contributed by atoms with Crippen molar-refractivity contribution in [3.05, 3.63) is 10.6 Å². The molecule has 72 valence electrons. The molecule has 0 aliphatic carbocycles. The minimum Gasteiger partial charge on any atom is -0.351 e. The molecular weight excluding hydrogens is 254 g/mol. The summed E-state index contributed by atoms with van der Waals surface area (Å²) in [6.07, 6.45) is 0.928. The molecule has 1 amide bonds. The predicted octanol–water partition coefficient (Wildman–Crippen LogP) is 1.36. The predicted molar refractivity (Wildman–Crippen MR) is 55.4 cm³/mol. The van der Waals surface area contributed by atoms with E-state index >= 15 is 0 Å². The molecule has 0 bridgehead atoms. The number of nitrogens with zero attached hydrogens (tertiary/aromatic N) is 2. The van der Waals surface area contributed by atoms with Gasteiger partial charge in [0.1, 0.15) is 4.88 Å². The molecule has 0 unspecified atom stereocenters. The molecule has 0 radical (unpaired) electrons. The van der Waals surface area contributed by atoms with E-state index in [4.69, 9.17) is 0 Å². The van der Waals surface area contributed by atoms with E-state index < -0.39 is 0 Å². The van der Waals surface area contributed by atoms with E-state index in [0.717, 1.165) is 23.3 Å². The van der Waals surface area contributed by atoms with E-state index in [2.05, 4.69) is 30.8 Å². The largest absolute Gasteiger partial charge is 0.351 e. The monoisotopic (exact) mass is 263 g/mol. The minimum atomic E-state index is -0.0755. The Labute approximate surface area is 89.0 Å². The van der Waals surface area contributed by atoms with Crippen LogP contribution in [-0.4, -0.2) is 27.4 Å². The Kier molecular flexibility index (Phi) is 4.31. The molecule has 0 aliphatic heterocycles. The van der Waals surface area contributed by atoms with Crippen molar-refractivity contribution in [1.82, 2.24) is 14.9 Å². The Morgan fingerprint density at radius 2 is 2.46 bits per heavy atom. The molecule has 1 aromatic rings. The van der Waals surface area contributed by atoms with Gasteiger partial charge in [-0.1, -0.05) is 20.4 Å². The normalized spacial score (nSPS) is 10.0. The van der Waals surface area contributed by atoms with Gasteiger partial charge in [0.15, 0.2) is 0 Å². The van der Waals surface area contributed by atoms with Gasteiger partial charge in [-0.25, -0.2) is 0 Å². The molecule has 1 rings (SSSR count). The number of amides is 1. The Hall–Kier alpha value is -0.490. The second kappa shape index (κ2) is 5.29. The molecule has 0 fully saturated rings. The Morgan fingerprint density at radius 3 is 3.00 bits per heavy atom. The van der Waals surface area contributed by atoms with E-state index in [1.807, 2.05) is 0 Å². The summed E-state index contributed by atoms with van der Waals surface area (Å²) < 4.78 is 3.69. The van der Waals surface area contributed by atoms with Crippen molar-refractivity contribution in [3.8, 4) is 0 Å². The van der Waals surface area contributed by atoms with Crippen LogP contribution in [0.5, 0.6) is 0 Å². The van der Waals surface area contributed by atoms with Crippen LogP contribution in [0.15, 0.2) is 0 Å². The summed E-state index contributed by atoms with van der Waals surface area (Å²) in [7, 11) is 0. The maximum atomic E-state index is 11.4. The summed E-state index contributed by atoms with van der Waals surface area (Å²) in [4.78, 5) is 12.0. The van der Waals surface area contributed by atoms with Gasteiger partial charge in [-0.05, 0) is 24.9 Å². The van der Waals surface area contributed by atoms with Gasteiger partial charge in [-0.2, -0.15) is 0 Å². The average molecular weight is 264 g/mol. The number of halogens is 1. The lowest BCUT2D eigenvalue weighted by Crippen LogP contribution is -2.24. The summed E-state index contributed by atoms with van der Waals surface area (Å²) in [5.74, 6) is -0.0755. The number of rotatable bonds is 4. The molecule has 0 aliphatic rings. The van der Waals surface area contributed by atoms with Crippen LogP contribution in [0.2, 0.25) is 0 Å². The van der Waals surface area contributed by atoms with Crippen molar-refractivity contribution in [2.75, 3.05) is 11.9 Å². The van der Waals surface area contributed by atoms with Gasteiger partial charge in [-0.3, -0.25) is 4.79 Å². The zero-order chi connectivity index (χ0) is 9.68. The number of hydrogen-bond donors (Lipinski definition) is 1. The maximum Gasteiger partial charge on any atom is 0.264 e. The first-order chi connectivity index (χ1) is 6.25. The fourth-order valence-electron chi connectivity index (χ4n) is 0.789. The Morgan fingerprint density at radius 1 is 1.69 bits per heavy atom. The maximum absolute atomic E-state index is 11.4. The third-order valence-corrected chi connectivity index (χ3v) is 2.84. The van der Waals surface area contributed by atoms with E-state index in [1.165, 1.54) is 0 Å². The highest BCUT2D eigenvalue weighted by molar-refractivity contribution is 9.09. The van der Waals surface area contributed by atoms with Crippen LogP contribution in [-0.2, 0) is 0 Å². The second-order valence-electron chi connectivity index (χ2n) is 2.49.